The van der Waals surface area contributed by atoms with Crippen molar-refractivity contribution in [3.8, 4) is 0 Å². The van der Waals surface area contributed by atoms with Crippen molar-refractivity contribution in [3.05, 3.63) is 29.6 Å². The monoisotopic (exact) mass is 177 g/mol. The lowest BCUT2D eigenvalue weighted by molar-refractivity contribution is 0.439. The van der Waals surface area contributed by atoms with Gasteiger partial charge in [0.2, 0.25) is 0 Å². The van der Waals surface area contributed by atoms with Gasteiger partial charge in [0.15, 0.2) is 0 Å². The number of fused-ring (bicyclic) bond motifs is 1. The first-order valence-electron chi connectivity index (χ1n) is 4.53. The first-order chi connectivity index (χ1) is 6.20. The highest BCUT2D eigenvalue weighted by molar-refractivity contribution is 5.74. The van der Waals surface area contributed by atoms with Gasteiger partial charge in [-0.2, -0.15) is 12.0 Å². The summed E-state index contributed by atoms with van der Waals surface area (Å²) in [5, 5.41) is 1.06. The lowest BCUT2D eigenvalue weighted by Crippen LogP contribution is -1.81. The molecule has 0 spiro atoms. The Labute approximate surface area is 77.5 Å². The molecule has 2 aromatic heterocycles. The molecule has 0 unspecified atom stereocenters. The van der Waals surface area contributed by atoms with Gasteiger partial charge in [-0.3, -0.25) is 0 Å². The third kappa shape index (κ3) is 1.32. The molecule has 0 radical (unpaired) electrons. The Balaban J connectivity index is 2.48. The van der Waals surface area contributed by atoms with E-state index in [4.69, 9.17) is 8.83 Å². The molecule has 2 aromatic rings. The second kappa shape index (κ2) is 2.87. The SMILES string of the molecule is CCc1cc2cc([C-](C)C)oc2o1. The maximum absolute atomic E-state index is 5.51. The minimum atomic E-state index is 0.646. The molecule has 2 heteroatoms. The Morgan fingerprint density at radius 1 is 1.23 bits per heavy atom. The molecule has 2 heterocycles. The van der Waals surface area contributed by atoms with Crippen LogP contribution in [0.1, 0.15) is 32.3 Å². The molecule has 13 heavy (non-hydrogen) atoms. The maximum atomic E-state index is 5.51. The second-order valence-electron chi connectivity index (χ2n) is 3.42. The second-order valence-corrected chi connectivity index (χ2v) is 3.42. The fraction of sp³-hybridized carbons (Fsp3) is 0.364. The molecule has 0 aromatic carbocycles. The normalized spacial score (nSPS) is 11.0. The van der Waals surface area contributed by atoms with Crippen molar-refractivity contribution in [1.82, 2.24) is 0 Å². The average molecular weight is 177 g/mol. The van der Waals surface area contributed by atoms with Gasteiger partial charge in [0.25, 0.3) is 5.78 Å². The number of aryl methyl sites for hydroxylation is 1. The molecule has 0 fully saturated rings. The summed E-state index contributed by atoms with van der Waals surface area (Å²) in [5.74, 6) is 3.71. The van der Waals surface area contributed by atoms with Gasteiger partial charge in [0.05, 0.1) is 0 Å². The fourth-order valence-electron chi connectivity index (χ4n) is 1.31. The number of hydrogen-bond donors (Lipinski definition) is 0. The van der Waals surface area contributed by atoms with Crippen molar-refractivity contribution >= 4 is 11.2 Å². The van der Waals surface area contributed by atoms with E-state index in [-0.39, 0.29) is 0 Å². The van der Waals surface area contributed by atoms with E-state index in [1.165, 1.54) is 5.92 Å². The zero-order chi connectivity index (χ0) is 9.42. The predicted octanol–water partition coefficient (Wildman–Crippen LogP) is 3.55. The van der Waals surface area contributed by atoms with Gasteiger partial charge in [-0.05, 0) is 17.2 Å². The predicted molar refractivity (Wildman–Crippen MR) is 51.6 cm³/mol. The Morgan fingerprint density at radius 2 is 2.00 bits per heavy atom. The molecular weight excluding hydrogens is 164 g/mol. The highest BCUT2D eigenvalue weighted by Gasteiger charge is 2.04. The van der Waals surface area contributed by atoms with Crippen LogP contribution in [0.3, 0.4) is 0 Å². The molecule has 0 bridgehead atoms. The van der Waals surface area contributed by atoms with Crippen molar-refractivity contribution in [2.75, 3.05) is 0 Å². The number of rotatable bonds is 2. The Kier molecular flexibility index (Phi) is 1.83. The van der Waals surface area contributed by atoms with Crippen molar-refractivity contribution in [2.24, 2.45) is 0 Å². The Hall–Kier alpha value is -1.31. The molecule has 0 saturated carbocycles. The van der Waals surface area contributed by atoms with Crippen molar-refractivity contribution in [3.63, 3.8) is 0 Å². The zero-order valence-electron chi connectivity index (χ0n) is 8.18. The molecule has 70 valence electrons. The summed E-state index contributed by atoms with van der Waals surface area (Å²) in [4.78, 5) is 0. The molecular formula is C11H13O2-. The van der Waals surface area contributed by atoms with E-state index in [9.17, 15) is 0 Å². The summed E-state index contributed by atoms with van der Waals surface area (Å²) < 4.78 is 11.0. The van der Waals surface area contributed by atoms with Gasteiger partial charge >= 0.3 is 0 Å². The minimum absolute atomic E-state index is 0.646. The van der Waals surface area contributed by atoms with Gasteiger partial charge in [-0.1, -0.05) is 6.92 Å². The van der Waals surface area contributed by atoms with Crippen LogP contribution < -0.4 is 0 Å². The minimum Gasteiger partial charge on any atom is -0.466 e. The van der Waals surface area contributed by atoms with E-state index in [1.807, 2.05) is 26.0 Å². The van der Waals surface area contributed by atoms with Gasteiger partial charge in [-0.15, -0.1) is 13.8 Å². The fourth-order valence-corrected chi connectivity index (χ4v) is 1.31. The molecule has 0 aliphatic carbocycles. The molecule has 2 rings (SSSR count). The van der Waals surface area contributed by atoms with Crippen molar-refractivity contribution in [1.29, 1.82) is 0 Å². The summed E-state index contributed by atoms with van der Waals surface area (Å²) in [7, 11) is 0. The van der Waals surface area contributed by atoms with E-state index < -0.39 is 0 Å². The standard InChI is InChI=1S/C11H13O2/c1-4-9-5-8-6-10(7(2)3)13-11(8)12-9/h5-6H,4H2,1-3H3/q-1. The summed E-state index contributed by atoms with van der Waals surface area (Å²) in [6, 6.07) is 4.05. The van der Waals surface area contributed by atoms with Crippen LogP contribution in [0.5, 0.6) is 0 Å². The molecule has 0 aliphatic rings. The summed E-state index contributed by atoms with van der Waals surface area (Å²) in [6.45, 7) is 6.12. The van der Waals surface area contributed by atoms with Crippen LogP contribution in [0, 0.1) is 5.92 Å². The first kappa shape index (κ1) is 8.30. The topological polar surface area (TPSA) is 26.3 Å². The van der Waals surface area contributed by atoms with E-state index >= 15 is 0 Å². The Bertz CT molecular complexity index is 375. The van der Waals surface area contributed by atoms with Crippen LogP contribution in [0.2, 0.25) is 0 Å². The van der Waals surface area contributed by atoms with E-state index in [1.54, 1.807) is 0 Å². The van der Waals surface area contributed by atoms with Crippen molar-refractivity contribution < 1.29 is 8.83 Å². The average Bonchev–Trinajstić information content (AvgIpc) is 2.58. The van der Waals surface area contributed by atoms with Gasteiger partial charge in [-0.25, -0.2) is 0 Å². The van der Waals surface area contributed by atoms with Crippen LogP contribution in [-0.4, -0.2) is 0 Å². The zero-order valence-corrected chi connectivity index (χ0v) is 8.18. The maximum Gasteiger partial charge on any atom is 0.275 e. The molecule has 0 saturated heterocycles. The quantitative estimate of drug-likeness (QED) is 0.655. The lowest BCUT2D eigenvalue weighted by atomic mass is 10.1. The largest absolute Gasteiger partial charge is 0.466 e. The van der Waals surface area contributed by atoms with Gasteiger partial charge in [0, 0.05) is 6.42 Å². The summed E-state index contributed by atoms with van der Waals surface area (Å²) in [6.07, 6.45) is 0.911. The first-order valence-corrected chi connectivity index (χ1v) is 4.53. The summed E-state index contributed by atoms with van der Waals surface area (Å²) in [5.41, 5.74) is 0. The van der Waals surface area contributed by atoms with E-state index in [0.717, 1.165) is 23.3 Å². The van der Waals surface area contributed by atoms with Crippen LogP contribution in [-0.2, 0) is 6.42 Å². The van der Waals surface area contributed by atoms with Crippen LogP contribution in [0.25, 0.3) is 11.2 Å². The van der Waals surface area contributed by atoms with E-state index in [0.29, 0.717) is 5.78 Å². The lowest BCUT2D eigenvalue weighted by Gasteiger charge is -2.07. The summed E-state index contributed by atoms with van der Waals surface area (Å²) >= 11 is 0. The van der Waals surface area contributed by atoms with Crippen molar-refractivity contribution in [2.45, 2.75) is 27.2 Å². The smallest absolute Gasteiger partial charge is 0.275 e. The van der Waals surface area contributed by atoms with Gasteiger partial charge in [0.1, 0.15) is 5.76 Å². The molecule has 0 N–H and O–H groups in total. The highest BCUT2D eigenvalue weighted by Crippen LogP contribution is 2.27. The number of hydrogen-bond acceptors (Lipinski definition) is 2. The molecule has 0 amide bonds. The third-order valence-corrected chi connectivity index (χ3v) is 2.11. The van der Waals surface area contributed by atoms with Crippen LogP contribution >= 0.6 is 0 Å². The highest BCUT2D eigenvalue weighted by atomic mass is 16.5. The van der Waals surface area contributed by atoms with E-state index in [2.05, 4.69) is 6.92 Å². The van der Waals surface area contributed by atoms with Crippen LogP contribution in [0.4, 0.5) is 0 Å². The number of furan rings is 2. The Morgan fingerprint density at radius 3 is 2.54 bits per heavy atom. The molecule has 0 atom stereocenters. The molecule has 2 nitrogen and oxygen atoms in total. The van der Waals surface area contributed by atoms with Crippen LogP contribution in [0.15, 0.2) is 21.0 Å². The molecule has 0 aliphatic heterocycles. The van der Waals surface area contributed by atoms with Gasteiger partial charge < -0.3 is 8.83 Å². The third-order valence-electron chi connectivity index (χ3n) is 2.11.